The van der Waals surface area contributed by atoms with Crippen molar-refractivity contribution in [3.05, 3.63) is 34.3 Å². The lowest BCUT2D eigenvalue weighted by Crippen LogP contribution is -2.50. The zero-order chi connectivity index (χ0) is 16.8. The maximum atomic E-state index is 12.8. The highest BCUT2D eigenvalue weighted by atomic mass is 79.9. The van der Waals surface area contributed by atoms with Crippen LogP contribution in [0.3, 0.4) is 0 Å². The van der Waals surface area contributed by atoms with Crippen molar-refractivity contribution in [2.24, 2.45) is 5.92 Å². The van der Waals surface area contributed by atoms with Gasteiger partial charge in [0.2, 0.25) is 5.91 Å². The minimum atomic E-state index is -0.451. The highest BCUT2D eigenvalue weighted by molar-refractivity contribution is 9.10. The molecule has 1 aromatic carbocycles. The molecule has 2 amide bonds. The van der Waals surface area contributed by atoms with Crippen LogP contribution in [0, 0.1) is 5.92 Å². The molecule has 1 aliphatic rings. The lowest BCUT2D eigenvalue weighted by Gasteiger charge is -2.31. The van der Waals surface area contributed by atoms with Crippen molar-refractivity contribution >= 4 is 27.7 Å². The molecule has 0 unspecified atom stereocenters. The normalized spacial score (nSPS) is 16.3. The van der Waals surface area contributed by atoms with Crippen molar-refractivity contribution in [3.63, 3.8) is 0 Å². The second kappa shape index (κ2) is 8.48. The molecular weight excluding hydrogens is 356 g/mol. The van der Waals surface area contributed by atoms with Crippen LogP contribution >= 0.6 is 15.9 Å². The Bertz CT molecular complexity index is 554. The molecule has 1 atom stereocenters. The van der Waals surface area contributed by atoms with Crippen LogP contribution in [-0.4, -0.2) is 35.8 Å². The fourth-order valence-electron chi connectivity index (χ4n) is 2.91. The molecule has 1 heterocycles. The van der Waals surface area contributed by atoms with Crippen molar-refractivity contribution < 1.29 is 9.59 Å². The summed E-state index contributed by atoms with van der Waals surface area (Å²) in [5.41, 5.74) is 0.563. The average molecular weight is 381 g/mol. The molecule has 2 rings (SSSR count). The van der Waals surface area contributed by atoms with Crippen LogP contribution in [0.2, 0.25) is 0 Å². The minimum Gasteiger partial charge on any atom is -0.341 e. The van der Waals surface area contributed by atoms with Gasteiger partial charge in [-0.3, -0.25) is 9.59 Å². The molecule has 1 saturated heterocycles. The van der Waals surface area contributed by atoms with E-state index < -0.39 is 6.04 Å². The minimum absolute atomic E-state index is 0.0544. The summed E-state index contributed by atoms with van der Waals surface area (Å²) >= 11 is 3.40. The van der Waals surface area contributed by atoms with E-state index >= 15 is 0 Å². The Kier molecular flexibility index (Phi) is 6.63. The number of hydrogen-bond donors (Lipinski definition) is 1. The second-order valence-electron chi connectivity index (χ2n) is 6.52. The fraction of sp³-hybridized carbons (Fsp3) is 0.556. The summed E-state index contributed by atoms with van der Waals surface area (Å²) in [7, 11) is 0. The molecule has 126 valence electrons. The number of piperidine rings is 1. The predicted octanol–water partition coefficient (Wildman–Crippen LogP) is 3.61. The molecule has 1 fully saturated rings. The van der Waals surface area contributed by atoms with Gasteiger partial charge in [0.05, 0.1) is 5.56 Å². The third kappa shape index (κ3) is 5.06. The number of carbonyl (C=O) groups excluding carboxylic acids is 2. The van der Waals surface area contributed by atoms with Crippen molar-refractivity contribution in [3.8, 4) is 0 Å². The first kappa shape index (κ1) is 18.0. The topological polar surface area (TPSA) is 49.4 Å². The van der Waals surface area contributed by atoms with Gasteiger partial charge in [-0.2, -0.15) is 0 Å². The van der Waals surface area contributed by atoms with Crippen LogP contribution in [0.5, 0.6) is 0 Å². The van der Waals surface area contributed by atoms with E-state index in [0.29, 0.717) is 17.9 Å². The molecule has 0 saturated carbocycles. The summed E-state index contributed by atoms with van der Waals surface area (Å²) in [6.45, 7) is 5.75. The van der Waals surface area contributed by atoms with Crippen LogP contribution in [0.15, 0.2) is 28.7 Å². The zero-order valence-electron chi connectivity index (χ0n) is 13.8. The second-order valence-corrected chi connectivity index (χ2v) is 7.38. The van der Waals surface area contributed by atoms with Crippen LogP contribution in [-0.2, 0) is 4.79 Å². The largest absolute Gasteiger partial charge is 0.341 e. The smallest absolute Gasteiger partial charge is 0.253 e. The van der Waals surface area contributed by atoms with Gasteiger partial charge in [0.25, 0.3) is 5.91 Å². The number of nitrogens with one attached hydrogen (secondary N) is 1. The zero-order valence-corrected chi connectivity index (χ0v) is 15.4. The van der Waals surface area contributed by atoms with E-state index in [-0.39, 0.29) is 11.8 Å². The number of amides is 2. The van der Waals surface area contributed by atoms with E-state index in [2.05, 4.69) is 35.1 Å². The Hall–Kier alpha value is -1.36. The Labute approximate surface area is 146 Å². The predicted molar refractivity (Wildman–Crippen MR) is 95.3 cm³/mol. The molecule has 5 heteroatoms. The number of likely N-dealkylation sites (tertiary alicyclic amines) is 1. The van der Waals surface area contributed by atoms with Crippen LogP contribution in [0.4, 0.5) is 0 Å². The number of benzene rings is 1. The SMILES string of the molecule is CC(C)C[C@@H](NC(=O)c1ccccc1Br)C(=O)N1CCCCC1. The third-order valence-corrected chi connectivity index (χ3v) is 4.79. The van der Waals surface area contributed by atoms with E-state index in [9.17, 15) is 9.59 Å². The Morgan fingerprint density at radius 1 is 1.17 bits per heavy atom. The summed E-state index contributed by atoms with van der Waals surface area (Å²) in [6, 6.07) is 6.83. The molecule has 0 aromatic heterocycles. The molecule has 0 radical (unpaired) electrons. The first-order chi connectivity index (χ1) is 11.0. The van der Waals surface area contributed by atoms with E-state index in [4.69, 9.17) is 0 Å². The highest BCUT2D eigenvalue weighted by Gasteiger charge is 2.28. The van der Waals surface area contributed by atoms with Crippen LogP contribution in [0.1, 0.15) is 49.9 Å². The van der Waals surface area contributed by atoms with E-state index in [1.54, 1.807) is 6.07 Å². The van der Waals surface area contributed by atoms with Gasteiger partial charge in [-0.15, -0.1) is 0 Å². The fourth-order valence-corrected chi connectivity index (χ4v) is 3.37. The lowest BCUT2D eigenvalue weighted by molar-refractivity contribution is -0.134. The van der Waals surface area contributed by atoms with Crippen molar-refractivity contribution in [1.82, 2.24) is 10.2 Å². The molecule has 0 bridgehead atoms. The monoisotopic (exact) mass is 380 g/mol. The van der Waals surface area contributed by atoms with Gasteiger partial charge < -0.3 is 10.2 Å². The average Bonchev–Trinajstić information content (AvgIpc) is 2.54. The van der Waals surface area contributed by atoms with Gasteiger partial charge >= 0.3 is 0 Å². The summed E-state index contributed by atoms with van der Waals surface area (Å²) in [5.74, 6) is 0.195. The van der Waals surface area contributed by atoms with Crippen molar-refractivity contribution in [1.29, 1.82) is 0 Å². The highest BCUT2D eigenvalue weighted by Crippen LogP contribution is 2.18. The first-order valence-electron chi connectivity index (χ1n) is 8.33. The van der Waals surface area contributed by atoms with Gasteiger partial charge in [0, 0.05) is 17.6 Å². The molecule has 23 heavy (non-hydrogen) atoms. The molecule has 1 aromatic rings. The number of rotatable bonds is 5. The third-order valence-electron chi connectivity index (χ3n) is 4.10. The molecular formula is C18H25BrN2O2. The first-order valence-corrected chi connectivity index (χ1v) is 9.12. The standard InChI is InChI=1S/C18H25BrN2O2/c1-13(2)12-16(18(23)21-10-6-3-7-11-21)20-17(22)14-8-4-5-9-15(14)19/h4-5,8-9,13,16H,3,6-7,10-12H2,1-2H3,(H,20,22)/t16-/m1/s1. The van der Waals surface area contributed by atoms with Gasteiger partial charge in [-0.25, -0.2) is 0 Å². The van der Waals surface area contributed by atoms with Crippen molar-refractivity contribution in [2.75, 3.05) is 13.1 Å². The van der Waals surface area contributed by atoms with E-state index in [1.807, 2.05) is 23.1 Å². The number of nitrogens with zero attached hydrogens (tertiary/aromatic N) is 1. The Morgan fingerprint density at radius 2 is 1.83 bits per heavy atom. The van der Waals surface area contributed by atoms with Crippen molar-refractivity contribution in [2.45, 2.75) is 45.6 Å². The summed E-state index contributed by atoms with van der Waals surface area (Å²) < 4.78 is 0.742. The summed E-state index contributed by atoms with van der Waals surface area (Å²) in [4.78, 5) is 27.2. The number of halogens is 1. The van der Waals surface area contributed by atoms with Crippen LogP contribution < -0.4 is 5.32 Å². The molecule has 1 aliphatic heterocycles. The van der Waals surface area contributed by atoms with E-state index in [0.717, 1.165) is 30.4 Å². The number of hydrogen-bond acceptors (Lipinski definition) is 2. The molecule has 4 nitrogen and oxygen atoms in total. The van der Waals surface area contributed by atoms with Gasteiger partial charge in [0.15, 0.2) is 0 Å². The van der Waals surface area contributed by atoms with Gasteiger partial charge in [-0.1, -0.05) is 26.0 Å². The Morgan fingerprint density at radius 3 is 2.43 bits per heavy atom. The summed E-state index contributed by atoms with van der Waals surface area (Å²) in [6.07, 6.45) is 3.95. The van der Waals surface area contributed by atoms with Crippen LogP contribution in [0.25, 0.3) is 0 Å². The molecule has 1 N–H and O–H groups in total. The maximum Gasteiger partial charge on any atom is 0.253 e. The number of carbonyl (C=O) groups is 2. The lowest BCUT2D eigenvalue weighted by atomic mass is 10.0. The quantitative estimate of drug-likeness (QED) is 0.847. The maximum absolute atomic E-state index is 12.8. The molecule has 0 spiro atoms. The van der Waals surface area contributed by atoms with Gasteiger partial charge in [0.1, 0.15) is 6.04 Å². The van der Waals surface area contributed by atoms with Gasteiger partial charge in [-0.05, 0) is 59.7 Å². The summed E-state index contributed by atoms with van der Waals surface area (Å²) in [5, 5.41) is 2.94. The molecule has 0 aliphatic carbocycles. The van der Waals surface area contributed by atoms with E-state index in [1.165, 1.54) is 6.42 Å². The Balaban J connectivity index is 2.10.